The Balaban J connectivity index is 1.97. The van der Waals surface area contributed by atoms with Crippen LogP contribution in [-0.4, -0.2) is 32.4 Å². The minimum atomic E-state index is 0.0631. The zero-order valence-electron chi connectivity index (χ0n) is 9.99. The van der Waals surface area contributed by atoms with Crippen LogP contribution in [0, 0.1) is 11.3 Å². The smallest absolute Gasteiger partial charge is 0.174 e. The molecule has 18 heavy (non-hydrogen) atoms. The van der Waals surface area contributed by atoms with Crippen molar-refractivity contribution in [2.24, 2.45) is 0 Å². The van der Waals surface area contributed by atoms with E-state index in [1.54, 1.807) is 0 Å². The fraction of sp³-hybridized carbons (Fsp3) is 0.462. The van der Waals surface area contributed by atoms with Gasteiger partial charge >= 0.3 is 0 Å². The molecule has 1 aromatic rings. The first-order chi connectivity index (χ1) is 8.79. The number of hydrogen-bond donors (Lipinski definition) is 1. The molecule has 1 saturated heterocycles. The van der Waals surface area contributed by atoms with Crippen molar-refractivity contribution in [3.05, 3.63) is 28.2 Å². The zero-order chi connectivity index (χ0) is 12.8. The number of nitrogens with one attached hydrogen (secondary N) is 1. The van der Waals surface area contributed by atoms with E-state index in [1.165, 1.54) is 5.56 Å². The summed E-state index contributed by atoms with van der Waals surface area (Å²) in [6.45, 7) is 2.66. The molecule has 1 N–H and O–H groups in total. The second-order valence-electron chi connectivity index (χ2n) is 4.11. The Kier molecular flexibility index (Phi) is 5.00. The summed E-state index contributed by atoms with van der Waals surface area (Å²) in [5.74, 6) is 0.697. The maximum Gasteiger partial charge on any atom is 0.174 e. The molecule has 5 heteroatoms. The van der Waals surface area contributed by atoms with E-state index in [9.17, 15) is 0 Å². The molecule has 1 aliphatic rings. The van der Waals surface area contributed by atoms with E-state index in [2.05, 4.69) is 21.2 Å². The first kappa shape index (κ1) is 13.3. The molecule has 1 atom stereocenters. The van der Waals surface area contributed by atoms with E-state index in [-0.39, 0.29) is 12.7 Å². The summed E-state index contributed by atoms with van der Waals surface area (Å²) < 4.78 is 11.8. The number of morpholine rings is 1. The van der Waals surface area contributed by atoms with Gasteiger partial charge in [-0.2, -0.15) is 5.26 Å². The lowest BCUT2D eigenvalue weighted by Gasteiger charge is -2.23. The minimum absolute atomic E-state index is 0.0631. The van der Waals surface area contributed by atoms with Crippen molar-refractivity contribution in [2.75, 3.05) is 26.3 Å². The highest BCUT2D eigenvalue weighted by Gasteiger charge is 2.14. The Hall–Kier alpha value is -1.09. The molecule has 96 valence electrons. The van der Waals surface area contributed by atoms with E-state index in [0.29, 0.717) is 5.75 Å². The van der Waals surface area contributed by atoms with Crippen LogP contribution in [-0.2, 0) is 11.2 Å². The zero-order valence-corrected chi connectivity index (χ0v) is 11.6. The van der Waals surface area contributed by atoms with E-state index in [0.717, 1.165) is 30.6 Å². The summed E-state index contributed by atoms with van der Waals surface area (Å²) in [5, 5.41) is 11.8. The van der Waals surface area contributed by atoms with Gasteiger partial charge in [0, 0.05) is 13.1 Å². The third-order valence-corrected chi connectivity index (χ3v) is 3.38. The lowest BCUT2D eigenvalue weighted by Crippen LogP contribution is -2.39. The van der Waals surface area contributed by atoms with Gasteiger partial charge in [0.15, 0.2) is 6.61 Å². The van der Waals surface area contributed by atoms with E-state index >= 15 is 0 Å². The van der Waals surface area contributed by atoms with Gasteiger partial charge in [0.25, 0.3) is 0 Å². The first-order valence-corrected chi connectivity index (χ1v) is 6.69. The Morgan fingerprint density at radius 1 is 1.56 bits per heavy atom. The van der Waals surface area contributed by atoms with Crippen LogP contribution in [0.1, 0.15) is 5.56 Å². The molecular formula is C13H15BrN2O2. The third-order valence-electron chi connectivity index (χ3n) is 2.76. The second kappa shape index (κ2) is 6.74. The van der Waals surface area contributed by atoms with Crippen LogP contribution in [0.15, 0.2) is 22.7 Å². The highest BCUT2D eigenvalue weighted by Crippen LogP contribution is 2.26. The van der Waals surface area contributed by atoms with Gasteiger partial charge in [0.1, 0.15) is 11.8 Å². The molecule has 0 aromatic heterocycles. The lowest BCUT2D eigenvalue weighted by atomic mass is 10.1. The predicted octanol–water partition coefficient (Wildman–Crippen LogP) is 1.88. The number of halogens is 1. The molecule has 2 rings (SSSR count). The maximum atomic E-state index is 8.48. The van der Waals surface area contributed by atoms with Crippen molar-refractivity contribution in [3.63, 3.8) is 0 Å². The predicted molar refractivity (Wildman–Crippen MR) is 71.6 cm³/mol. The average molecular weight is 311 g/mol. The van der Waals surface area contributed by atoms with Gasteiger partial charge in [-0.05, 0) is 40.0 Å². The van der Waals surface area contributed by atoms with Crippen LogP contribution in [0.3, 0.4) is 0 Å². The van der Waals surface area contributed by atoms with E-state index in [4.69, 9.17) is 14.7 Å². The summed E-state index contributed by atoms with van der Waals surface area (Å²) in [7, 11) is 0. The second-order valence-corrected chi connectivity index (χ2v) is 4.97. The summed E-state index contributed by atoms with van der Waals surface area (Å²) in [5.41, 5.74) is 1.19. The molecule has 1 unspecified atom stereocenters. The number of nitriles is 1. The van der Waals surface area contributed by atoms with Crippen LogP contribution in [0.4, 0.5) is 0 Å². The molecule has 0 saturated carbocycles. The molecule has 4 nitrogen and oxygen atoms in total. The van der Waals surface area contributed by atoms with E-state index in [1.807, 2.05) is 24.3 Å². The van der Waals surface area contributed by atoms with Gasteiger partial charge in [0.05, 0.1) is 17.2 Å². The van der Waals surface area contributed by atoms with Crippen LogP contribution in [0.5, 0.6) is 5.75 Å². The van der Waals surface area contributed by atoms with Crippen molar-refractivity contribution in [3.8, 4) is 11.8 Å². The van der Waals surface area contributed by atoms with Crippen molar-refractivity contribution in [1.82, 2.24) is 5.32 Å². The average Bonchev–Trinajstić information content (AvgIpc) is 2.39. The number of hydrogen-bond acceptors (Lipinski definition) is 4. The number of benzene rings is 1. The standard InChI is InChI=1S/C13H15BrN2O2/c14-12-8-10(1-2-13(12)18-5-3-15)7-11-9-16-4-6-17-11/h1-2,8,11,16H,4-7,9H2. The molecule has 1 heterocycles. The molecule has 1 aliphatic heterocycles. The summed E-state index contributed by atoms with van der Waals surface area (Å²) in [6.07, 6.45) is 1.11. The van der Waals surface area contributed by atoms with Gasteiger partial charge in [-0.15, -0.1) is 0 Å². The Bertz CT molecular complexity index is 439. The normalized spacial score (nSPS) is 19.2. The van der Waals surface area contributed by atoms with Crippen LogP contribution >= 0.6 is 15.9 Å². The molecule has 0 radical (unpaired) electrons. The Morgan fingerprint density at radius 3 is 3.11 bits per heavy atom. The molecule has 0 amide bonds. The van der Waals surface area contributed by atoms with Gasteiger partial charge in [-0.3, -0.25) is 0 Å². The van der Waals surface area contributed by atoms with Crippen LogP contribution < -0.4 is 10.1 Å². The van der Waals surface area contributed by atoms with Gasteiger partial charge in [0.2, 0.25) is 0 Å². The monoisotopic (exact) mass is 310 g/mol. The molecule has 1 aromatic carbocycles. The van der Waals surface area contributed by atoms with Crippen LogP contribution in [0.2, 0.25) is 0 Å². The van der Waals surface area contributed by atoms with Gasteiger partial charge in [-0.1, -0.05) is 6.07 Å². The molecule has 0 bridgehead atoms. The Labute approximate surface area is 115 Å². The quantitative estimate of drug-likeness (QED) is 0.922. The number of nitrogens with zero attached hydrogens (tertiary/aromatic N) is 1. The largest absolute Gasteiger partial charge is 0.478 e. The highest BCUT2D eigenvalue weighted by atomic mass is 79.9. The van der Waals surface area contributed by atoms with Crippen LogP contribution in [0.25, 0.3) is 0 Å². The van der Waals surface area contributed by atoms with Crippen molar-refractivity contribution >= 4 is 15.9 Å². The Morgan fingerprint density at radius 2 is 2.44 bits per heavy atom. The van der Waals surface area contributed by atoms with Crippen molar-refractivity contribution < 1.29 is 9.47 Å². The molecule has 1 fully saturated rings. The lowest BCUT2D eigenvalue weighted by molar-refractivity contribution is 0.0292. The van der Waals surface area contributed by atoms with Crippen molar-refractivity contribution in [2.45, 2.75) is 12.5 Å². The van der Waals surface area contributed by atoms with Gasteiger partial charge in [-0.25, -0.2) is 0 Å². The molecule has 0 spiro atoms. The molecule has 0 aliphatic carbocycles. The third kappa shape index (κ3) is 3.70. The number of rotatable bonds is 4. The SMILES string of the molecule is N#CCOc1ccc(CC2CNCCO2)cc1Br. The summed E-state index contributed by atoms with van der Waals surface area (Å²) in [6, 6.07) is 7.86. The van der Waals surface area contributed by atoms with Crippen molar-refractivity contribution in [1.29, 1.82) is 5.26 Å². The summed E-state index contributed by atoms with van der Waals surface area (Å²) in [4.78, 5) is 0. The minimum Gasteiger partial charge on any atom is -0.478 e. The van der Waals surface area contributed by atoms with E-state index < -0.39 is 0 Å². The summed E-state index contributed by atoms with van der Waals surface area (Å²) >= 11 is 3.45. The molecular weight excluding hydrogens is 296 g/mol. The highest BCUT2D eigenvalue weighted by molar-refractivity contribution is 9.10. The fourth-order valence-electron chi connectivity index (χ4n) is 1.91. The maximum absolute atomic E-state index is 8.48. The topological polar surface area (TPSA) is 54.3 Å². The van der Waals surface area contributed by atoms with Gasteiger partial charge < -0.3 is 14.8 Å². The fourth-order valence-corrected chi connectivity index (χ4v) is 2.45. The number of ether oxygens (including phenoxy) is 2. The first-order valence-electron chi connectivity index (χ1n) is 5.90.